The van der Waals surface area contributed by atoms with Crippen molar-refractivity contribution in [3.8, 4) is 5.69 Å². The average molecular weight is 488 g/mol. The molecular formula is C24H27Cl2N5S. The summed E-state index contributed by atoms with van der Waals surface area (Å²) in [4.78, 5) is 9.09. The Hall–Kier alpha value is -2.12. The predicted molar refractivity (Wildman–Crippen MR) is 136 cm³/mol. The van der Waals surface area contributed by atoms with Gasteiger partial charge in [-0.15, -0.1) is 0 Å². The number of thiocarbonyl (C=S) groups is 1. The molecule has 1 aromatic carbocycles. The Kier molecular flexibility index (Phi) is 6.77. The first kappa shape index (κ1) is 23.1. The highest BCUT2D eigenvalue weighted by atomic mass is 35.5. The monoisotopic (exact) mass is 487 g/mol. The molecule has 1 fully saturated rings. The largest absolute Gasteiger partial charge is 0.352 e. The number of aryl methyl sites for hydroxylation is 1. The molecule has 0 spiro atoms. The Morgan fingerprint density at radius 1 is 1.12 bits per heavy atom. The molecule has 168 valence electrons. The maximum absolute atomic E-state index is 6.59. The zero-order chi connectivity index (χ0) is 23.0. The van der Waals surface area contributed by atoms with Gasteiger partial charge in [0.1, 0.15) is 0 Å². The highest BCUT2D eigenvalue weighted by Gasteiger charge is 2.41. The van der Waals surface area contributed by atoms with Gasteiger partial charge in [-0.25, -0.2) is 0 Å². The maximum Gasteiger partial charge on any atom is 0.170 e. The van der Waals surface area contributed by atoms with E-state index in [1.165, 1.54) is 5.56 Å². The van der Waals surface area contributed by atoms with Crippen molar-refractivity contribution in [2.75, 3.05) is 27.2 Å². The van der Waals surface area contributed by atoms with Crippen molar-refractivity contribution in [3.05, 3.63) is 81.4 Å². The van der Waals surface area contributed by atoms with E-state index in [1.807, 2.05) is 36.5 Å². The second-order valence-electron chi connectivity index (χ2n) is 8.36. The number of hydrogen-bond donors (Lipinski definition) is 1. The van der Waals surface area contributed by atoms with Gasteiger partial charge in [-0.05, 0) is 76.1 Å². The van der Waals surface area contributed by atoms with E-state index in [1.54, 1.807) is 0 Å². The lowest BCUT2D eigenvalue weighted by atomic mass is 9.97. The number of rotatable bonds is 6. The molecule has 1 N–H and O–H groups in total. The van der Waals surface area contributed by atoms with Gasteiger partial charge < -0.3 is 19.7 Å². The zero-order valence-electron chi connectivity index (χ0n) is 18.6. The summed E-state index contributed by atoms with van der Waals surface area (Å²) in [6, 6.07) is 13.9. The zero-order valence-corrected chi connectivity index (χ0v) is 21.0. The molecule has 3 heterocycles. The molecule has 32 heavy (non-hydrogen) atoms. The van der Waals surface area contributed by atoms with E-state index in [-0.39, 0.29) is 12.1 Å². The van der Waals surface area contributed by atoms with E-state index in [0.29, 0.717) is 10.0 Å². The van der Waals surface area contributed by atoms with Crippen LogP contribution in [0, 0.1) is 13.8 Å². The third-order valence-electron chi connectivity index (χ3n) is 5.95. The third-order valence-corrected chi connectivity index (χ3v) is 7.11. The summed E-state index contributed by atoms with van der Waals surface area (Å²) in [6.07, 6.45) is 1.83. The van der Waals surface area contributed by atoms with Crippen molar-refractivity contribution in [3.63, 3.8) is 0 Å². The molecule has 0 saturated carbocycles. The van der Waals surface area contributed by atoms with Crippen LogP contribution in [0.25, 0.3) is 5.69 Å². The lowest BCUT2D eigenvalue weighted by Gasteiger charge is -2.29. The summed E-state index contributed by atoms with van der Waals surface area (Å²) in [6.45, 7) is 5.93. The van der Waals surface area contributed by atoms with Gasteiger partial charge in [0.2, 0.25) is 0 Å². The lowest BCUT2D eigenvalue weighted by Crippen LogP contribution is -2.35. The van der Waals surface area contributed by atoms with E-state index in [9.17, 15) is 0 Å². The molecule has 1 aliphatic heterocycles. The number of nitrogens with zero attached hydrogens (tertiary/aromatic N) is 4. The smallest absolute Gasteiger partial charge is 0.170 e. The Morgan fingerprint density at radius 3 is 2.59 bits per heavy atom. The lowest BCUT2D eigenvalue weighted by molar-refractivity contribution is 0.277. The quantitative estimate of drug-likeness (QED) is 0.475. The molecule has 8 heteroatoms. The Morgan fingerprint density at radius 2 is 1.91 bits per heavy atom. The Balaban J connectivity index is 1.83. The number of aromatic nitrogens is 2. The molecule has 2 aromatic heterocycles. The van der Waals surface area contributed by atoms with Crippen LogP contribution in [0.2, 0.25) is 10.0 Å². The van der Waals surface area contributed by atoms with Crippen LogP contribution in [0.5, 0.6) is 0 Å². The molecule has 0 amide bonds. The molecule has 0 radical (unpaired) electrons. The summed E-state index contributed by atoms with van der Waals surface area (Å²) in [5.41, 5.74) is 5.24. The SMILES string of the molecule is Cc1cc([C@H]2[C@H](c3ccccn3)NC(=S)N2CCN(C)C)c(C)n1-c1cccc(Cl)c1Cl. The van der Waals surface area contributed by atoms with Gasteiger partial charge in [-0.3, -0.25) is 4.98 Å². The molecule has 2 atom stereocenters. The molecule has 1 saturated heterocycles. The molecule has 3 aromatic rings. The Bertz CT molecular complexity index is 1130. The van der Waals surface area contributed by atoms with E-state index in [2.05, 4.69) is 64.7 Å². The average Bonchev–Trinajstić information content (AvgIpc) is 3.24. The van der Waals surface area contributed by atoms with Crippen molar-refractivity contribution in [2.24, 2.45) is 0 Å². The standard InChI is InChI=1S/C24H27Cl2N5S/c1-15-14-17(16(2)31(15)20-10-7-8-18(25)21(20)26)23-22(19-9-5-6-11-27-19)28-24(32)30(23)13-12-29(3)4/h5-11,14,22-23H,12-13H2,1-4H3,(H,28,32)/t22-,23-/m0/s1. The minimum absolute atomic E-state index is 0.00950. The van der Waals surface area contributed by atoms with E-state index in [4.69, 9.17) is 35.4 Å². The Labute approximate surface area is 204 Å². The predicted octanol–water partition coefficient (Wildman–Crippen LogP) is 5.33. The normalized spacial score (nSPS) is 18.5. The molecule has 0 unspecified atom stereocenters. The van der Waals surface area contributed by atoms with Crippen molar-refractivity contribution in [1.29, 1.82) is 0 Å². The molecular weight excluding hydrogens is 461 g/mol. The van der Waals surface area contributed by atoms with Gasteiger partial charge >= 0.3 is 0 Å². The number of nitrogens with one attached hydrogen (secondary N) is 1. The second-order valence-corrected chi connectivity index (χ2v) is 9.53. The number of hydrogen-bond acceptors (Lipinski definition) is 3. The molecule has 0 bridgehead atoms. The number of pyridine rings is 1. The topological polar surface area (TPSA) is 36.3 Å². The van der Waals surface area contributed by atoms with Gasteiger partial charge in [0, 0.05) is 30.7 Å². The molecule has 1 aliphatic rings. The van der Waals surface area contributed by atoms with Crippen molar-refractivity contribution in [1.82, 2.24) is 24.7 Å². The highest BCUT2D eigenvalue weighted by molar-refractivity contribution is 7.80. The summed E-state index contributed by atoms with van der Waals surface area (Å²) < 4.78 is 2.17. The van der Waals surface area contributed by atoms with Crippen molar-refractivity contribution >= 4 is 40.5 Å². The molecule has 0 aliphatic carbocycles. The van der Waals surface area contributed by atoms with E-state index < -0.39 is 0 Å². The fraction of sp³-hybridized carbons (Fsp3) is 0.333. The number of likely N-dealkylation sites (N-methyl/N-ethyl adjacent to an activating group) is 1. The van der Waals surface area contributed by atoms with Gasteiger partial charge in [0.05, 0.1) is 33.5 Å². The summed E-state index contributed by atoms with van der Waals surface area (Å²) >= 11 is 18.7. The van der Waals surface area contributed by atoms with Crippen LogP contribution < -0.4 is 5.32 Å². The van der Waals surface area contributed by atoms with Crippen LogP contribution in [0.4, 0.5) is 0 Å². The summed E-state index contributed by atoms with van der Waals surface area (Å²) in [7, 11) is 4.15. The maximum atomic E-state index is 6.59. The van der Waals surface area contributed by atoms with E-state index in [0.717, 1.165) is 41.0 Å². The van der Waals surface area contributed by atoms with Gasteiger partial charge in [-0.2, -0.15) is 0 Å². The highest BCUT2D eigenvalue weighted by Crippen LogP contribution is 2.42. The summed E-state index contributed by atoms with van der Waals surface area (Å²) in [5, 5.41) is 5.37. The van der Waals surface area contributed by atoms with Crippen molar-refractivity contribution < 1.29 is 0 Å². The first-order chi connectivity index (χ1) is 15.3. The fourth-order valence-electron chi connectivity index (χ4n) is 4.42. The fourth-order valence-corrected chi connectivity index (χ4v) is 5.13. The molecule has 4 rings (SSSR count). The number of benzene rings is 1. The van der Waals surface area contributed by atoms with Gasteiger partial charge in [0.25, 0.3) is 0 Å². The van der Waals surface area contributed by atoms with Crippen LogP contribution in [-0.4, -0.2) is 51.6 Å². The number of halogens is 2. The van der Waals surface area contributed by atoms with Crippen LogP contribution >= 0.6 is 35.4 Å². The van der Waals surface area contributed by atoms with Gasteiger partial charge in [-0.1, -0.05) is 35.3 Å². The molecule has 5 nitrogen and oxygen atoms in total. The van der Waals surface area contributed by atoms with Crippen LogP contribution in [-0.2, 0) is 0 Å². The van der Waals surface area contributed by atoms with E-state index >= 15 is 0 Å². The summed E-state index contributed by atoms with van der Waals surface area (Å²) in [5.74, 6) is 0. The van der Waals surface area contributed by atoms with Crippen LogP contribution in [0.1, 0.15) is 34.7 Å². The second kappa shape index (κ2) is 9.40. The third kappa shape index (κ3) is 4.25. The van der Waals surface area contributed by atoms with Crippen LogP contribution in [0.3, 0.4) is 0 Å². The van der Waals surface area contributed by atoms with Crippen LogP contribution in [0.15, 0.2) is 48.7 Å². The first-order valence-electron chi connectivity index (χ1n) is 10.6. The minimum Gasteiger partial charge on any atom is -0.352 e. The van der Waals surface area contributed by atoms with Crippen molar-refractivity contribution in [2.45, 2.75) is 25.9 Å². The minimum atomic E-state index is -0.0466. The van der Waals surface area contributed by atoms with Gasteiger partial charge in [0.15, 0.2) is 5.11 Å². The first-order valence-corrected chi connectivity index (χ1v) is 11.7.